The van der Waals surface area contributed by atoms with Gasteiger partial charge < -0.3 is 14.3 Å². The molecule has 0 saturated heterocycles. The number of oxime groups is 1. The molecule has 5 nitrogen and oxygen atoms in total. The van der Waals surface area contributed by atoms with Crippen LogP contribution in [0.3, 0.4) is 0 Å². The number of esters is 1. The maximum Gasteiger partial charge on any atom is 0.361 e. The van der Waals surface area contributed by atoms with E-state index in [9.17, 15) is 4.79 Å². The smallest absolute Gasteiger partial charge is 0.361 e. The van der Waals surface area contributed by atoms with E-state index in [1.54, 1.807) is 31.2 Å². The van der Waals surface area contributed by atoms with Crippen molar-refractivity contribution < 1.29 is 19.1 Å². The van der Waals surface area contributed by atoms with Gasteiger partial charge in [0.25, 0.3) is 0 Å². The Morgan fingerprint density at radius 1 is 1.29 bits per heavy atom. The van der Waals surface area contributed by atoms with E-state index in [1.165, 1.54) is 14.2 Å². The van der Waals surface area contributed by atoms with Gasteiger partial charge in [-0.15, -0.1) is 0 Å². The van der Waals surface area contributed by atoms with E-state index in [-0.39, 0.29) is 12.3 Å². The molecule has 0 aromatic heterocycles. The van der Waals surface area contributed by atoms with Crippen LogP contribution in [0.5, 0.6) is 5.75 Å². The molecule has 0 aliphatic carbocycles. The summed E-state index contributed by atoms with van der Waals surface area (Å²) in [5.41, 5.74) is 0.627. The second-order valence-corrected chi connectivity index (χ2v) is 3.04. The number of nitrogens with zero attached hydrogens (tertiary/aromatic N) is 1. The van der Waals surface area contributed by atoms with Crippen LogP contribution >= 0.6 is 0 Å². The zero-order valence-electron chi connectivity index (χ0n) is 10.1. The van der Waals surface area contributed by atoms with Crippen LogP contribution in [-0.4, -0.2) is 32.5 Å². The van der Waals surface area contributed by atoms with Crippen LogP contribution in [-0.2, 0) is 14.4 Å². The number of para-hydroxylation sites is 1. The Morgan fingerprint density at radius 2 is 2.00 bits per heavy atom. The van der Waals surface area contributed by atoms with E-state index in [1.807, 2.05) is 0 Å². The van der Waals surface area contributed by atoms with Gasteiger partial charge in [0.2, 0.25) is 0 Å². The molecule has 1 aromatic carbocycles. The Kier molecular flexibility index (Phi) is 5.00. The van der Waals surface area contributed by atoms with Crippen molar-refractivity contribution in [3.05, 3.63) is 29.8 Å². The largest absolute Gasteiger partial charge is 0.496 e. The summed E-state index contributed by atoms with van der Waals surface area (Å²) in [6.07, 6.45) is 0. The summed E-state index contributed by atoms with van der Waals surface area (Å²) in [7, 11) is 2.89. The van der Waals surface area contributed by atoms with E-state index in [2.05, 4.69) is 9.99 Å². The summed E-state index contributed by atoms with van der Waals surface area (Å²) in [5, 5.41) is 3.68. The molecule has 1 aromatic rings. The molecular formula is C12H15NO4. The van der Waals surface area contributed by atoms with Crippen molar-refractivity contribution in [1.82, 2.24) is 0 Å². The topological polar surface area (TPSA) is 57.1 Å². The number of benzene rings is 1. The van der Waals surface area contributed by atoms with E-state index in [0.29, 0.717) is 11.3 Å². The first-order valence-electron chi connectivity index (χ1n) is 5.16. The fourth-order valence-corrected chi connectivity index (χ4v) is 1.33. The average Bonchev–Trinajstić information content (AvgIpc) is 2.36. The monoisotopic (exact) mass is 237 g/mol. The lowest BCUT2D eigenvalue weighted by Gasteiger charge is -2.09. The van der Waals surface area contributed by atoms with Gasteiger partial charge in [-0.25, -0.2) is 4.79 Å². The molecule has 17 heavy (non-hydrogen) atoms. The molecule has 0 atom stereocenters. The van der Waals surface area contributed by atoms with E-state index in [0.717, 1.165) is 0 Å². The predicted molar refractivity (Wildman–Crippen MR) is 63.2 cm³/mol. The van der Waals surface area contributed by atoms with E-state index >= 15 is 0 Å². The quantitative estimate of drug-likeness (QED) is 0.443. The minimum atomic E-state index is -0.543. The highest BCUT2D eigenvalue weighted by molar-refractivity contribution is 6.43. The predicted octanol–water partition coefficient (Wildman–Crippen LogP) is 1.61. The molecule has 0 radical (unpaired) electrons. The lowest BCUT2D eigenvalue weighted by Crippen LogP contribution is -2.19. The molecule has 0 saturated carbocycles. The summed E-state index contributed by atoms with van der Waals surface area (Å²) in [6, 6.07) is 7.04. The minimum Gasteiger partial charge on any atom is -0.496 e. The molecule has 0 heterocycles. The molecule has 0 fully saturated rings. The SMILES string of the molecule is CCOC(=O)C(=NOC)c1ccccc1OC. The Hall–Kier alpha value is -2.04. The Balaban J connectivity index is 3.14. The van der Waals surface area contributed by atoms with Crippen molar-refractivity contribution in [2.24, 2.45) is 5.16 Å². The number of hydrogen-bond acceptors (Lipinski definition) is 5. The van der Waals surface area contributed by atoms with Gasteiger partial charge in [0, 0.05) is 0 Å². The number of ether oxygens (including phenoxy) is 2. The maximum absolute atomic E-state index is 11.7. The lowest BCUT2D eigenvalue weighted by molar-refractivity contribution is -0.135. The molecule has 0 bridgehead atoms. The van der Waals surface area contributed by atoms with Gasteiger partial charge in [-0.3, -0.25) is 0 Å². The standard InChI is InChI=1S/C12H15NO4/c1-4-17-12(14)11(13-16-3)9-7-5-6-8-10(9)15-2/h5-8H,4H2,1-3H3. The van der Waals surface area contributed by atoms with Crippen molar-refractivity contribution in [3.63, 3.8) is 0 Å². The van der Waals surface area contributed by atoms with Crippen LogP contribution in [0.4, 0.5) is 0 Å². The van der Waals surface area contributed by atoms with Crippen LogP contribution in [0.25, 0.3) is 0 Å². The normalized spacial score (nSPS) is 10.9. The van der Waals surface area contributed by atoms with Crippen molar-refractivity contribution in [1.29, 1.82) is 0 Å². The Labute approximate surface area is 100.0 Å². The number of carbonyl (C=O) groups excluding carboxylic acids is 1. The van der Waals surface area contributed by atoms with Gasteiger partial charge in [-0.2, -0.15) is 0 Å². The van der Waals surface area contributed by atoms with E-state index < -0.39 is 5.97 Å². The fraction of sp³-hybridized carbons (Fsp3) is 0.333. The summed E-state index contributed by atoms with van der Waals surface area (Å²) >= 11 is 0. The molecule has 0 unspecified atom stereocenters. The van der Waals surface area contributed by atoms with E-state index in [4.69, 9.17) is 9.47 Å². The number of methoxy groups -OCH3 is 1. The van der Waals surface area contributed by atoms with Crippen LogP contribution in [0.15, 0.2) is 29.4 Å². The summed E-state index contributed by atoms with van der Waals surface area (Å²) in [5.74, 6) is -0.00444. The molecule has 1 rings (SSSR count). The molecule has 0 spiro atoms. The first kappa shape index (κ1) is 13.0. The number of carbonyl (C=O) groups is 1. The lowest BCUT2D eigenvalue weighted by atomic mass is 10.1. The third kappa shape index (κ3) is 3.21. The Bertz CT molecular complexity index is 415. The van der Waals surface area contributed by atoms with Crippen LogP contribution < -0.4 is 4.74 Å². The Morgan fingerprint density at radius 3 is 2.59 bits per heavy atom. The number of hydrogen-bond donors (Lipinski definition) is 0. The van der Waals surface area contributed by atoms with Crippen molar-refractivity contribution in [2.75, 3.05) is 20.8 Å². The highest BCUT2D eigenvalue weighted by Crippen LogP contribution is 2.19. The molecule has 5 heteroatoms. The summed E-state index contributed by atoms with van der Waals surface area (Å²) in [6.45, 7) is 2.00. The van der Waals surface area contributed by atoms with Crippen LogP contribution in [0, 0.1) is 0 Å². The first-order chi connectivity index (χ1) is 8.24. The van der Waals surface area contributed by atoms with Gasteiger partial charge in [0.1, 0.15) is 12.9 Å². The zero-order chi connectivity index (χ0) is 12.7. The van der Waals surface area contributed by atoms with Crippen molar-refractivity contribution >= 4 is 11.7 Å². The molecule has 0 aliphatic heterocycles. The van der Waals surface area contributed by atoms with Crippen LogP contribution in [0.2, 0.25) is 0 Å². The number of rotatable bonds is 5. The van der Waals surface area contributed by atoms with Crippen molar-refractivity contribution in [2.45, 2.75) is 6.92 Å². The first-order valence-corrected chi connectivity index (χ1v) is 5.16. The second kappa shape index (κ2) is 6.52. The van der Waals surface area contributed by atoms with Crippen LogP contribution in [0.1, 0.15) is 12.5 Å². The van der Waals surface area contributed by atoms with Gasteiger partial charge >= 0.3 is 5.97 Å². The van der Waals surface area contributed by atoms with Gasteiger partial charge in [0.05, 0.1) is 19.3 Å². The third-order valence-electron chi connectivity index (χ3n) is 2.01. The second-order valence-electron chi connectivity index (χ2n) is 3.04. The average molecular weight is 237 g/mol. The highest BCUT2D eigenvalue weighted by atomic mass is 16.6. The minimum absolute atomic E-state index is 0.0896. The van der Waals surface area contributed by atoms with Crippen molar-refractivity contribution in [3.8, 4) is 5.75 Å². The molecule has 92 valence electrons. The third-order valence-corrected chi connectivity index (χ3v) is 2.01. The summed E-state index contributed by atoms with van der Waals surface area (Å²) in [4.78, 5) is 16.4. The molecule has 0 N–H and O–H groups in total. The molecular weight excluding hydrogens is 222 g/mol. The highest BCUT2D eigenvalue weighted by Gasteiger charge is 2.19. The fourth-order valence-electron chi connectivity index (χ4n) is 1.33. The van der Waals surface area contributed by atoms with Gasteiger partial charge in [0.15, 0.2) is 5.71 Å². The summed E-state index contributed by atoms with van der Waals surface area (Å²) < 4.78 is 10.1. The molecule has 0 aliphatic rings. The van der Waals surface area contributed by atoms with Gasteiger partial charge in [-0.1, -0.05) is 17.3 Å². The zero-order valence-corrected chi connectivity index (χ0v) is 10.1. The van der Waals surface area contributed by atoms with Gasteiger partial charge in [-0.05, 0) is 19.1 Å². The molecule has 0 amide bonds. The maximum atomic E-state index is 11.7.